The summed E-state index contributed by atoms with van der Waals surface area (Å²) in [5, 5.41) is 13.9. The maximum absolute atomic E-state index is 10.7. The van der Waals surface area contributed by atoms with Crippen LogP contribution in [-0.4, -0.2) is 26.1 Å². The monoisotopic (exact) mass is 356 g/mol. The van der Waals surface area contributed by atoms with Gasteiger partial charge in [-0.2, -0.15) is 5.10 Å². The van der Waals surface area contributed by atoms with Crippen molar-refractivity contribution >= 4 is 11.3 Å². The van der Waals surface area contributed by atoms with E-state index in [4.69, 9.17) is 10.2 Å². The summed E-state index contributed by atoms with van der Waals surface area (Å²) in [5.74, 6) is 1.66. The van der Waals surface area contributed by atoms with Crippen molar-refractivity contribution in [1.29, 1.82) is 0 Å². The largest absolute Gasteiger partial charge is 0.390 e. The highest BCUT2D eigenvalue weighted by molar-refractivity contribution is 5.78. The number of aromatic nitrogens is 2. The van der Waals surface area contributed by atoms with E-state index < -0.39 is 5.60 Å². The fourth-order valence-electron chi connectivity index (χ4n) is 3.72. The highest BCUT2D eigenvalue weighted by Crippen LogP contribution is 2.43. The van der Waals surface area contributed by atoms with Gasteiger partial charge in [-0.1, -0.05) is 19.4 Å². The van der Waals surface area contributed by atoms with Crippen molar-refractivity contribution in [1.82, 2.24) is 9.61 Å². The quantitative estimate of drug-likeness (QED) is 0.828. The summed E-state index contributed by atoms with van der Waals surface area (Å²) in [4.78, 5) is 10.7. The van der Waals surface area contributed by atoms with Crippen molar-refractivity contribution in [3.8, 4) is 0 Å². The molecular weight excluding hydrogens is 324 g/mol. The number of hydrogen-bond donors (Lipinski definition) is 1. The lowest BCUT2D eigenvalue weighted by Gasteiger charge is -2.25. The lowest BCUT2D eigenvalue weighted by Crippen LogP contribution is -2.22. The number of fused-ring (bicyclic) bond motifs is 1. The van der Waals surface area contributed by atoms with Gasteiger partial charge in [-0.05, 0) is 64.5 Å². The smallest absolute Gasteiger partial charge is 0.135 e. The molecule has 26 heavy (non-hydrogen) atoms. The molecule has 0 aliphatic heterocycles. The number of carbonyl (C=O) groups excluding carboxylic acids is 1. The molecular formula is C22H32N2O2. The summed E-state index contributed by atoms with van der Waals surface area (Å²) in [7, 11) is 0. The van der Waals surface area contributed by atoms with E-state index in [0.717, 1.165) is 11.8 Å². The molecule has 0 amide bonds. The molecule has 0 saturated heterocycles. The van der Waals surface area contributed by atoms with Crippen LogP contribution in [0.1, 0.15) is 94.5 Å². The first-order valence-corrected chi connectivity index (χ1v) is 10.0. The molecule has 2 aromatic heterocycles. The zero-order chi connectivity index (χ0) is 18.9. The Kier molecular flexibility index (Phi) is 5.52. The van der Waals surface area contributed by atoms with E-state index in [0.29, 0.717) is 6.42 Å². The van der Waals surface area contributed by atoms with Gasteiger partial charge in [0.1, 0.15) is 5.78 Å². The zero-order valence-corrected chi connectivity index (χ0v) is 16.6. The molecule has 2 aliphatic rings. The molecule has 0 radical (unpaired) electrons. The van der Waals surface area contributed by atoms with E-state index >= 15 is 0 Å². The van der Waals surface area contributed by atoms with Crippen LogP contribution in [0.3, 0.4) is 0 Å². The summed E-state index contributed by atoms with van der Waals surface area (Å²) in [6.45, 7) is 7.26. The Hall–Kier alpha value is -1.68. The Bertz CT molecular complexity index is 777. The van der Waals surface area contributed by atoms with Gasteiger partial charge in [-0.3, -0.25) is 4.79 Å². The van der Waals surface area contributed by atoms with Crippen molar-refractivity contribution in [2.45, 2.75) is 90.1 Å². The van der Waals surface area contributed by atoms with E-state index in [1.54, 1.807) is 20.8 Å². The van der Waals surface area contributed by atoms with Gasteiger partial charge in [0, 0.05) is 30.0 Å². The number of ketones is 1. The zero-order valence-electron chi connectivity index (χ0n) is 16.6. The van der Waals surface area contributed by atoms with E-state index in [1.807, 2.05) is 0 Å². The number of aliphatic hydroxyl groups is 1. The fraction of sp³-hybridized carbons (Fsp3) is 0.636. The first-order valence-electron chi connectivity index (χ1n) is 10.0. The molecule has 2 saturated carbocycles. The van der Waals surface area contributed by atoms with Gasteiger partial charge in [-0.25, -0.2) is 4.52 Å². The first-order chi connectivity index (χ1) is 12.3. The van der Waals surface area contributed by atoms with E-state index in [2.05, 4.69) is 29.6 Å². The Labute approximate surface area is 156 Å². The minimum atomic E-state index is -0.826. The van der Waals surface area contributed by atoms with Crippen LogP contribution in [0, 0.1) is 6.92 Å². The van der Waals surface area contributed by atoms with Gasteiger partial charge in [-0.15, -0.1) is 0 Å². The van der Waals surface area contributed by atoms with Crippen LogP contribution in [0.5, 0.6) is 0 Å². The standard InChI is InChI=1S/C15H18N2.C7H14O2/c1-10-15(12-4-2-5-12)14-7-3-6-13(11-8-9-11)17(14)16-10;1-4-6(8)5-7(2,3)9/h3,6-7,11-12H,2,4-5,8-9H2,1H3;9H,4-5H2,1-3H3. The van der Waals surface area contributed by atoms with Crippen LogP contribution in [0.4, 0.5) is 0 Å². The number of rotatable bonds is 5. The molecule has 0 atom stereocenters. The molecule has 2 aromatic rings. The van der Waals surface area contributed by atoms with Crippen molar-refractivity contribution < 1.29 is 9.90 Å². The number of hydrogen-bond acceptors (Lipinski definition) is 3. The second-order valence-electron chi connectivity index (χ2n) is 8.53. The summed E-state index contributed by atoms with van der Waals surface area (Å²) in [6.07, 6.45) is 7.58. The molecule has 0 aromatic carbocycles. The van der Waals surface area contributed by atoms with Gasteiger partial charge < -0.3 is 5.11 Å². The minimum absolute atomic E-state index is 0.113. The van der Waals surface area contributed by atoms with Crippen molar-refractivity contribution in [3.63, 3.8) is 0 Å². The number of nitrogens with zero attached hydrogens (tertiary/aromatic N) is 2. The Morgan fingerprint density at radius 1 is 1.23 bits per heavy atom. The van der Waals surface area contributed by atoms with Crippen molar-refractivity contribution in [3.05, 3.63) is 35.2 Å². The van der Waals surface area contributed by atoms with E-state index in [9.17, 15) is 4.79 Å². The summed E-state index contributed by atoms with van der Waals surface area (Å²) < 4.78 is 2.22. The second kappa shape index (κ2) is 7.51. The predicted molar refractivity (Wildman–Crippen MR) is 105 cm³/mol. The highest BCUT2D eigenvalue weighted by atomic mass is 16.3. The fourth-order valence-corrected chi connectivity index (χ4v) is 3.72. The minimum Gasteiger partial charge on any atom is -0.390 e. The third kappa shape index (κ3) is 4.35. The third-order valence-corrected chi connectivity index (χ3v) is 5.44. The highest BCUT2D eigenvalue weighted by Gasteiger charge is 2.29. The molecule has 0 spiro atoms. The number of aryl methyl sites for hydroxylation is 1. The Balaban J connectivity index is 0.000000188. The molecule has 4 rings (SSSR count). The van der Waals surface area contributed by atoms with Crippen LogP contribution in [-0.2, 0) is 4.79 Å². The molecule has 2 heterocycles. The first kappa shape index (κ1) is 19.1. The van der Waals surface area contributed by atoms with Gasteiger partial charge in [0.05, 0.1) is 16.8 Å². The molecule has 142 valence electrons. The van der Waals surface area contributed by atoms with E-state index in [-0.39, 0.29) is 12.2 Å². The maximum Gasteiger partial charge on any atom is 0.135 e. The van der Waals surface area contributed by atoms with Crippen molar-refractivity contribution in [2.24, 2.45) is 0 Å². The van der Waals surface area contributed by atoms with Crippen LogP contribution in [0.2, 0.25) is 0 Å². The van der Waals surface area contributed by atoms with Crippen LogP contribution >= 0.6 is 0 Å². The summed E-state index contributed by atoms with van der Waals surface area (Å²) >= 11 is 0. The molecule has 0 unspecified atom stereocenters. The van der Waals surface area contributed by atoms with Crippen molar-refractivity contribution in [2.75, 3.05) is 0 Å². The lowest BCUT2D eigenvalue weighted by molar-refractivity contribution is -0.122. The maximum atomic E-state index is 10.7. The topological polar surface area (TPSA) is 54.6 Å². The number of pyridine rings is 1. The average molecular weight is 357 g/mol. The van der Waals surface area contributed by atoms with Crippen LogP contribution in [0.25, 0.3) is 5.52 Å². The van der Waals surface area contributed by atoms with Crippen LogP contribution in [0.15, 0.2) is 18.2 Å². The Morgan fingerprint density at radius 3 is 2.38 bits per heavy atom. The third-order valence-electron chi connectivity index (χ3n) is 5.44. The number of Topliss-reactive ketones (excluding diaryl/α,β-unsaturated/α-hetero) is 1. The van der Waals surface area contributed by atoms with E-state index in [1.165, 1.54) is 54.6 Å². The molecule has 0 bridgehead atoms. The van der Waals surface area contributed by atoms with Gasteiger partial charge in [0.15, 0.2) is 0 Å². The molecule has 4 nitrogen and oxygen atoms in total. The molecule has 1 N–H and O–H groups in total. The molecule has 2 fully saturated rings. The summed E-state index contributed by atoms with van der Waals surface area (Å²) in [5.41, 5.74) is 4.75. The van der Waals surface area contributed by atoms with Crippen LogP contribution < -0.4 is 0 Å². The summed E-state index contributed by atoms with van der Waals surface area (Å²) in [6, 6.07) is 6.72. The normalized spacial score (nSPS) is 17.6. The lowest BCUT2D eigenvalue weighted by atomic mass is 9.79. The molecule has 4 heteroatoms. The van der Waals surface area contributed by atoms with Gasteiger partial charge >= 0.3 is 0 Å². The Morgan fingerprint density at radius 2 is 1.92 bits per heavy atom. The molecule has 2 aliphatic carbocycles. The average Bonchev–Trinajstić information content (AvgIpc) is 3.30. The predicted octanol–water partition coefficient (Wildman–Crippen LogP) is 4.91. The number of carbonyl (C=O) groups is 1. The second-order valence-corrected chi connectivity index (χ2v) is 8.53. The van der Waals surface area contributed by atoms with Gasteiger partial charge in [0.2, 0.25) is 0 Å². The van der Waals surface area contributed by atoms with Gasteiger partial charge in [0.25, 0.3) is 0 Å². The SMILES string of the molecule is CCC(=O)CC(C)(C)O.Cc1nn2c(C3CC3)cccc2c1C1CCC1.